The molecule has 0 saturated carbocycles. The highest BCUT2D eigenvalue weighted by Crippen LogP contribution is 2.27. The second kappa shape index (κ2) is 9.16. The van der Waals surface area contributed by atoms with Gasteiger partial charge in [0.2, 0.25) is 5.91 Å². The van der Waals surface area contributed by atoms with E-state index in [4.69, 9.17) is 5.11 Å². The number of aliphatic hydroxyl groups excluding tert-OH is 1. The minimum Gasteiger partial charge on any atom is -0.395 e. The fourth-order valence-electron chi connectivity index (χ4n) is 2.27. The van der Waals surface area contributed by atoms with Crippen LogP contribution in [0.4, 0.5) is 22.7 Å². The molecule has 0 saturated heterocycles. The molecule has 0 fully saturated rings. The predicted octanol–water partition coefficient (Wildman–Crippen LogP) is 3.12. The molecular formula is C17H19BrN4O4. The Labute approximate surface area is 158 Å². The maximum Gasteiger partial charge on any atom is 0.271 e. The summed E-state index contributed by atoms with van der Waals surface area (Å²) in [6.07, 6.45) is 0. The van der Waals surface area contributed by atoms with Crippen molar-refractivity contribution in [1.82, 2.24) is 0 Å². The number of rotatable bonds is 8. The van der Waals surface area contributed by atoms with Gasteiger partial charge in [0, 0.05) is 28.8 Å². The molecule has 2 aromatic rings. The number of aryl methyl sites for hydroxylation is 1. The van der Waals surface area contributed by atoms with Crippen molar-refractivity contribution in [2.24, 2.45) is 0 Å². The Balaban J connectivity index is 2.07. The third kappa shape index (κ3) is 5.43. The molecule has 2 rings (SSSR count). The lowest BCUT2D eigenvalue weighted by Crippen LogP contribution is -2.22. The SMILES string of the molecule is Cc1cc(Br)ccc1NC(=O)CNc1cc([N+](=O)[O-])ccc1NCCO. The zero-order valence-corrected chi connectivity index (χ0v) is 15.7. The molecule has 2 aromatic carbocycles. The number of carbonyl (C=O) groups is 1. The van der Waals surface area contributed by atoms with Crippen LogP contribution >= 0.6 is 15.9 Å². The number of hydrogen-bond acceptors (Lipinski definition) is 6. The van der Waals surface area contributed by atoms with Gasteiger partial charge in [0.05, 0.1) is 29.4 Å². The smallest absolute Gasteiger partial charge is 0.271 e. The van der Waals surface area contributed by atoms with Crippen LogP contribution in [-0.2, 0) is 4.79 Å². The summed E-state index contributed by atoms with van der Waals surface area (Å²) in [4.78, 5) is 22.6. The van der Waals surface area contributed by atoms with Gasteiger partial charge in [-0.15, -0.1) is 0 Å². The maximum absolute atomic E-state index is 12.2. The number of amides is 1. The first kappa shape index (κ1) is 19.7. The zero-order chi connectivity index (χ0) is 19.1. The summed E-state index contributed by atoms with van der Waals surface area (Å²) in [5, 5.41) is 28.5. The van der Waals surface area contributed by atoms with Gasteiger partial charge in [0.1, 0.15) is 0 Å². The van der Waals surface area contributed by atoms with E-state index in [0.29, 0.717) is 17.1 Å². The largest absolute Gasteiger partial charge is 0.395 e. The molecule has 0 bridgehead atoms. The van der Waals surface area contributed by atoms with E-state index in [1.165, 1.54) is 18.2 Å². The van der Waals surface area contributed by atoms with Crippen LogP contribution in [0.25, 0.3) is 0 Å². The number of halogens is 1. The van der Waals surface area contributed by atoms with Crippen molar-refractivity contribution in [3.63, 3.8) is 0 Å². The van der Waals surface area contributed by atoms with E-state index in [2.05, 4.69) is 31.9 Å². The summed E-state index contributed by atoms with van der Waals surface area (Å²) < 4.78 is 0.919. The van der Waals surface area contributed by atoms with Crippen molar-refractivity contribution >= 4 is 44.6 Å². The van der Waals surface area contributed by atoms with Crippen LogP contribution in [0.1, 0.15) is 5.56 Å². The van der Waals surface area contributed by atoms with Gasteiger partial charge in [0.25, 0.3) is 5.69 Å². The minimum atomic E-state index is -0.508. The number of nitrogens with zero attached hydrogens (tertiary/aromatic N) is 1. The van der Waals surface area contributed by atoms with Gasteiger partial charge < -0.3 is 21.1 Å². The molecule has 0 radical (unpaired) electrons. The lowest BCUT2D eigenvalue weighted by atomic mass is 10.2. The van der Waals surface area contributed by atoms with Gasteiger partial charge >= 0.3 is 0 Å². The number of non-ortho nitro benzene ring substituents is 1. The first-order valence-electron chi connectivity index (χ1n) is 7.83. The average Bonchev–Trinajstić information content (AvgIpc) is 2.60. The van der Waals surface area contributed by atoms with Gasteiger partial charge in [-0.2, -0.15) is 0 Å². The molecule has 0 aliphatic heterocycles. The molecule has 138 valence electrons. The molecule has 0 unspecified atom stereocenters. The fraction of sp³-hybridized carbons (Fsp3) is 0.235. The van der Waals surface area contributed by atoms with E-state index in [1.807, 2.05) is 19.1 Å². The molecule has 26 heavy (non-hydrogen) atoms. The molecule has 8 nitrogen and oxygen atoms in total. The van der Waals surface area contributed by atoms with E-state index >= 15 is 0 Å². The second-order valence-corrected chi connectivity index (χ2v) is 6.41. The van der Waals surface area contributed by atoms with Crippen LogP contribution in [0.15, 0.2) is 40.9 Å². The van der Waals surface area contributed by atoms with Crippen molar-refractivity contribution in [2.75, 3.05) is 35.6 Å². The predicted molar refractivity (Wildman–Crippen MR) is 105 cm³/mol. The van der Waals surface area contributed by atoms with Crippen molar-refractivity contribution in [2.45, 2.75) is 6.92 Å². The zero-order valence-electron chi connectivity index (χ0n) is 14.1. The second-order valence-electron chi connectivity index (χ2n) is 5.50. The Kier molecular flexibility index (Phi) is 6.93. The van der Waals surface area contributed by atoms with Gasteiger partial charge in [-0.25, -0.2) is 0 Å². The number of nitrogens with one attached hydrogen (secondary N) is 3. The monoisotopic (exact) mass is 422 g/mol. The molecule has 4 N–H and O–H groups in total. The quantitative estimate of drug-likeness (QED) is 0.383. The lowest BCUT2D eigenvalue weighted by Gasteiger charge is -2.14. The first-order chi connectivity index (χ1) is 12.4. The minimum absolute atomic E-state index is 0.0650. The molecule has 1 amide bonds. The standard InChI is InChI=1S/C17H19BrN4O4/c1-11-8-12(18)2-4-14(11)21-17(24)10-20-16-9-13(22(25)26)3-5-15(16)19-6-7-23/h2-5,8-9,19-20,23H,6-7,10H2,1H3,(H,21,24). The number of hydrogen-bond donors (Lipinski definition) is 4. The average molecular weight is 423 g/mol. The molecule has 0 spiro atoms. The number of benzene rings is 2. The third-order valence-electron chi connectivity index (χ3n) is 3.54. The Morgan fingerprint density at radius 3 is 2.54 bits per heavy atom. The van der Waals surface area contributed by atoms with Crippen LogP contribution < -0.4 is 16.0 Å². The Bertz CT molecular complexity index is 813. The lowest BCUT2D eigenvalue weighted by molar-refractivity contribution is -0.384. The van der Waals surface area contributed by atoms with Gasteiger partial charge in [-0.05, 0) is 36.8 Å². The highest BCUT2D eigenvalue weighted by Gasteiger charge is 2.12. The highest BCUT2D eigenvalue weighted by atomic mass is 79.9. The van der Waals surface area contributed by atoms with Gasteiger partial charge in [0.15, 0.2) is 0 Å². The van der Waals surface area contributed by atoms with Crippen LogP contribution in [-0.4, -0.2) is 35.6 Å². The summed E-state index contributed by atoms with van der Waals surface area (Å²) in [6.45, 7) is 2.02. The van der Waals surface area contributed by atoms with Crippen LogP contribution in [0.5, 0.6) is 0 Å². The summed E-state index contributed by atoms with van der Waals surface area (Å²) in [5.74, 6) is -0.282. The number of nitro groups is 1. The highest BCUT2D eigenvalue weighted by molar-refractivity contribution is 9.10. The van der Waals surface area contributed by atoms with Gasteiger partial charge in [-0.1, -0.05) is 15.9 Å². The van der Waals surface area contributed by atoms with E-state index in [0.717, 1.165) is 10.0 Å². The summed E-state index contributed by atoms with van der Waals surface area (Å²) >= 11 is 3.37. The van der Waals surface area contributed by atoms with Crippen molar-refractivity contribution in [3.05, 3.63) is 56.5 Å². The third-order valence-corrected chi connectivity index (χ3v) is 4.04. The van der Waals surface area contributed by atoms with Crippen molar-refractivity contribution < 1.29 is 14.8 Å². The van der Waals surface area contributed by atoms with Gasteiger partial charge in [-0.3, -0.25) is 14.9 Å². The molecule has 0 atom stereocenters. The fourth-order valence-corrected chi connectivity index (χ4v) is 2.75. The number of carbonyl (C=O) groups excluding carboxylic acids is 1. The topological polar surface area (TPSA) is 117 Å². The summed E-state index contributed by atoms with van der Waals surface area (Å²) in [7, 11) is 0. The number of aliphatic hydroxyl groups is 1. The summed E-state index contributed by atoms with van der Waals surface area (Å²) in [6, 6.07) is 9.74. The first-order valence-corrected chi connectivity index (χ1v) is 8.63. The molecular weight excluding hydrogens is 404 g/mol. The molecule has 0 aliphatic carbocycles. The van der Waals surface area contributed by atoms with Crippen molar-refractivity contribution in [3.8, 4) is 0 Å². The molecule has 0 aromatic heterocycles. The van der Waals surface area contributed by atoms with Crippen molar-refractivity contribution in [1.29, 1.82) is 0 Å². The van der Waals surface area contributed by atoms with Crippen LogP contribution in [0, 0.1) is 17.0 Å². The number of anilines is 3. The molecule has 0 heterocycles. The number of nitro benzene ring substituents is 1. The molecule has 0 aliphatic rings. The van der Waals surface area contributed by atoms with E-state index < -0.39 is 4.92 Å². The normalized spacial score (nSPS) is 10.3. The molecule has 9 heteroatoms. The Morgan fingerprint density at radius 2 is 1.88 bits per heavy atom. The van der Waals surface area contributed by atoms with Crippen LogP contribution in [0.2, 0.25) is 0 Å². The Hall–Kier alpha value is -2.65. The summed E-state index contributed by atoms with van der Waals surface area (Å²) in [5.41, 5.74) is 2.49. The van der Waals surface area contributed by atoms with E-state index in [9.17, 15) is 14.9 Å². The van der Waals surface area contributed by atoms with E-state index in [-0.39, 0.29) is 31.3 Å². The maximum atomic E-state index is 12.2. The van der Waals surface area contributed by atoms with E-state index in [1.54, 1.807) is 6.07 Å². The Morgan fingerprint density at radius 1 is 1.15 bits per heavy atom. The van der Waals surface area contributed by atoms with Crippen LogP contribution in [0.3, 0.4) is 0 Å².